The van der Waals surface area contributed by atoms with Crippen molar-refractivity contribution in [1.82, 2.24) is 4.98 Å². The monoisotopic (exact) mass is 180 g/mol. The highest BCUT2D eigenvalue weighted by molar-refractivity contribution is 5.28. The lowest BCUT2D eigenvalue weighted by atomic mass is 9.93. The molecule has 0 saturated carbocycles. The van der Waals surface area contributed by atoms with E-state index in [0.717, 1.165) is 11.1 Å². The van der Waals surface area contributed by atoms with Gasteiger partial charge in [-0.1, -0.05) is 0 Å². The Morgan fingerprint density at radius 1 is 1.62 bits per heavy atom. The Kier molecular flexibility index (Phi) is 3.01. The van der Waals surface area contributed by atoms with E-state index in [0.29, 0.717) is 6.54 Å². The van der Waals surface area contributed by atoms with Crippen LogP contribution in [0, 0.1) is 6.92 Å². The predicted octanol–water partition coefficient (Wildman–Crippen LogP) is 1.21. The lowest BCUT2D eigenvalue weighted by Gasteiger charge is -2.28. The summed E-state index contributed by atoms with van der Waals surface area (Å²) in [5.74, 6) is 0. The number of ether oxygens (including phenoxy) is 1. The van der Waals surface area contributed by atoms with Crippen molar-refractivity contribution in [2.24, 2.45) is 5.73 Å². The number of aromatic nitrogens is 1. The largest absolute Gasteiger partial charge is 0.372 e. The third-order valence-corrected chi connectivity index (χ3v) is 2.43. The number of pyridine rings is 1. The van der Waals surface area contributed by atoms with Gasteiger partial charge in [-0.25, -0.2) is 0 Å². The van der Waals surface area contributed by atoms with Crippen molar-refractivity contribution < 1.29 is 4.74 Å². The topological polar surface area (TPSA) is 48.1 Å². The van der Waals surface area contributed by atoms with Gasteiger partial charge in [-0.05, 0) is 31.0 Å². The van der Waals surface area contributed by atoms with Gasteiger partial charge in [0.05, 0.1) is 0 Å². The highest BCUT2D eigenvalue weighted by Gasteiger charge is 2.25. The van der Waals surface area contributed by atoms with Gasteiger partial charge in [0.1, 0.15) is 5.60 Å². The molecule has 3 heteroatoms. The van der Waals surface area contributed by atoms with E-state index < -0.39 is 5.60 Å². The van der Waals surface area contributed by atoms with E-state index >= 15 is 0 Å². The van der Waals surface area contributed by atoms with Gasteiger partial charge < -0.3 is 10.5 Å². The molecule has 3 nitrogen and oxygen atoms in total. The van der Waals surface area contributed by atoms with E-state index in [-0.39, 0.29) is 0 Å². The van der Waals surface area contributed by atoms with Crippen LogP contribution in [-0.2, 0) is 10.3 Å². The predicted molar refractivity (Wildman–Crippen MR) is 52.4 cm³/mol. The highest BCUT2D eigenvalue weighted by Crippen LogP contribution is 2.25. The molecule has 1 heterocycles. The van der Waals surface area contributed by atoms with Crippen LogP contribution in [0.25, 0.3) is 0 Å². The minimum Gasteiger partial charge on any atom is -0.372 e. The first-order valence-corrected chi connectivity index (χ1v) is 4.30. The minimum absolute atomic E-state index is 0.396. The molecule has 0 aromatic carbocycles. The summed E-state index contributed by atoms with van der Waals surface area (Å²) in [6, 6.07) is 1.95. The summed E-state index contributed by atoms with van der Waals surface area (Å²) in [5.41, 5.74) is 7.49. The number of hydrogen-bond acceptors (Lipinski definition) is 3. The van der Waals surface area contributed by atoms with Gasteiger partial charge in [-0.2, -0.15) is 0 Å². The van der Waals surface area contributed by atoms with Crippen molar-refractivity contribution in [2.45, 2.75) is 19.4 Å². The lowest BCUT2D eigenvalue weighted by molar-refractivity contribution is 0.00949. The first kappa shape index (κ1) is 10.2. The molecule has 0 amide bonds. The van der Waals surface area contributed by atoms with Gasteiger partial charge in [-0.3, -0.25) is 4.98 Å². The fraction of sp³-hybridized carbons (Fsp3) is 0.500. The van der Waals surface area contributed by atoms with Crippen molar-refractivity contribution in [2.75, 3.05) is 13.7 Å². The number of aryl methyl sites for hydroxylation is 1. The summed E-state index contributed by atoms with van der Waals surface area (Å²) < 4.78 is 5.40. The van der Waals surface area contributed by atoms with Gasteiger partial charge in [0.2, 0.25) is 0 Å². The van der Waals surface area contributed by atoms with Crippen molar-refractivity contribution >= 4 is 0 Å². The number of hydrogen-bond donors (Lipinski definition) is 1. The second-order valence-electron chi connectivity index (χ2n) is 3.33. The molecular weight excluding hydrogens is 164 g/mol. The molecule has 13 heavy (non-hydrogen) atoms. The summed E-state index contributed by atoms with van der Waals surface area (Å²) in [4.78, 5) is 4.03. The van der Waals surface area contributed by atoms with Crippen molar-refractivity contribution in [3.8, 4) is 0 Å². The Hall–Kier alpha value is -0.930. The third-order valence-electron chi connectivity index (χ3n) is 2.43. The normalized spacial score (nSPS) is 15.4. The molecule has 0 saturated heterocycles. The van der Waals surface area contributed by atoms with Crippen LogP contribution in [0.3, 0.4) is 0 Å². The van der Waals surface area contributed by atoms with Crippen LogP contribution in [0.4, 0.5) is 0 Å². The van der Waals surface area contributed by atoms with Crippen LogP contribution in [-0.4, -0.2) is 18.6 Å². The molecule has 2 N–H and O–H groups in total. The fourth-order valence-electron chi connectivity index (χ4n) is 1.37. The van der Waals surface area contributed by atoms with Crippen LogP contribution in [0.15, 0.2) is 18.5 Å². The second kappa shape index (κ2) is 3.85. The van der Waals surface area contributed by atoms with E-state index in [1.807, 2.05) is 26.1 Å². The van der Waals surface area contributed by atoms with E-state index in [2.05, 4.69) is 4.98 Å². The molecule has 1 atom stereocenters. The maximum atomic E-state index is 5.67. The molecule has 0 aliphatic carbocycles. The number of rotatable bonds is 3. The Bertz CT molecular complexity index is 282. The Morgan fingerprint density at radius 3 is 2.77 bits per heavy atom. The van der Waals surface area contributed by atoms with E-state index in [1.54, 1.807) is 13.3 Å². The number of methoxy groups -OCH3 is 1. The number of nitrogens with zero attached hydrogens (tertiary/aromatic N) is 1. The maximum absolute atomic E-state index is 5.67. The molecule has 1 aromatic heterocycles. The smallest absolute Gasteiger partial charge is 0.102 e. The van der Waals surface area contributed by atoms with E-state index in [1.165, 1.54) is 0 Å². The standard InChI is InChI=1S/C10H16N2O/c1-8-6-12-5-4-9(8)10(2,7-11)13-3/h4-6H,7,11H2,1-3H3. The molecule has 72 valence electrons. The van der Waals surface area contributed by atoms with Gasteiger partial charge >= 0.3 is 0 Å². The zero-order chi connectivity index (χ0) is 9.90. The Labute approximate surface area is 78.9 Å². The van der Waals surface area contributed by atoms with E-state index in [9.17, 15) is 0 Å². The molecule has 0 radical (unpaired) electrons. The van der Waals surface area contributed by atoms with Crippen molar-refractivity contribution in [3.63, 3.8) is 0 Å². The maximum Gasteiger partial charge on any atom is 0.102 e. The van der Waals surface area contributed by atoms with Crippen LogP contribution in [0.2, 0.25) is 0 Å². The zero-order valence-electron chi connectivity index (χ0n) is 8.37. The molecule has 0 fully saturated rings. The molecule has 0 aliphatic heterocycles. The van der Waals surface area contributed by atoms with Gasteiger partial charge in [0.15, 0.2) is 0 Å². The van der Waals surface area contributed by atoms with Crippen molar-refractivity contribution in [1.29, 1.82) is 0 Å². The Morgan fingerprint density at radius 2 is 2.31 bits per heavy atom. The average Bonchev–Trinajstić information content (AvgIpc) is 2.17. The summed E-state index contributed by atoms with van der Waals surface area (Å²) in [5, 5.41) is 0. The van der Waals surface area contributed by atoms with Crippen molar-refractivity contribution in [3.05, 3.63) is 29.6 Å². The first-order valence-electron chi connectivity index (χ1n) is 4.30. The Balaban J connectivity index is 3.12. The molecule has 1 unspecified atom stereocenters. The first-order chi connectivity index (χ1) is 6.14. The molecule has 1 aromatic rings. The van der Waals surface area contributed by atoms with Crippen LogP contribution in [0.1, 0.15) is 18.1 Å². The quantitative estimate of drug-likeness (QED) is 0.760. The zero-order valence-corrected chi connectivity index (χ0v) is 8.37. The molecular formula is C10H16N2O. The molecule has 0 bridgehead atoms. The number of nitrogens with two attached hydrogens (primary N) is 1. The van der Waals surface area contributed by atoms with Gasteiger partial charge in [-0.15, -0.1) is 0 Å². The molecule has 1 rings (SSSR count). The van der Waals surface area contributed by atoms with Gasteiger partial charge in [0, 0.05) is 26.0 Å². The van der Waals surface area contributed by atoms with Crippen LogP contribution >= 0.6 is 0 Å². The summed E-state index contributed by atoms with van der Waals surface area (Å²) in [7, 11) is 1.67. The summed E-state index contributed by atoms with van der Waals surface area (Å²) in [6.45, 7) is 4.46. The molecule has 0 spiro atoms. The lowest BCUT2D eigenvalue weighted by Crippen LogP contribution is -2.34. The second-order valence-corrected chi connectivity index (χ2v) is 3.33. The summed E-state index contributed by atoms with van der Waals surface area (Å²) in [6.07, 6.45) is 3.58. The molecule has 0 aliphatic rings. The van der Waals surface area contributed by atoms with E-state index in [4.69, 9.17) is 10.5 Å². The summed E-state index contributed by atoms with van der Waals surface area (Å²) >= 11 is 0. The van der Waals surface area contributed by atoms with Crippen LogP contribution in [0.5, 0.6) is 0 Å². The van der Waals surface area contributed by atoms with Gasteiger partial charge in [0.25, 0.3) is 0 Å². The highest BCUT2D eigenvalue weighted by atomic mass is 16.5. The van der Waals surface area contributed by atoms with Crippen LogP contribution < -0.4 is 5.73 Å². The fourth-order valence-corrected chi connectivity index (χ4v) is 1.37. The average molecular weight is 180 g/mol. The minimum atomic E-state index is -0.396. The third kappa shape index (κ3) is 1.87. The SMILES string of the molecule is COC(C)(CN)c1ccncc1C.